The van der Waals surface area contributed by atoms with E-state index in [4.69, 9.17) is 5.73 Å². The van der Waals surface area contributed by atoms with Gasteiger partial charge in [-0.25, -0.2) is 0 Å². The Labute approximate surface area is 108 Å². The van der Waals surface area contributed by atoms with Crippen molar-refractivity contribution in [1.29, 1.82) is 0 Å². The summed E-state index contributed by atoms with van der Waals surface area (Å²) in [6, 6.07) is 7.67. The molecule has 0 radical (unpaired) electrons. The van der Waals surface area contributed by atoms with E-state index in [0.29, 0.717) is 0 Å². The molecule has 1 aromatic rings. The van der Waals surface area contributed by atoms with Gasteiger partial charge in [0.2, 0.25) is 11.8 Å². The maximum absolute atomic E-state index is 11.7. The van der Waals surface area contributed by atoms with E-state index in [1.54, 1.807) is 0 Å². The molecule has 0 aliphatic carbocycles. The Hall–Kier alpha value is -1.84. The van der Waals surface area contributed by atoms with Crippen molar-refractivity contribution in [1.82, 2.24) is 0 Å². The van der Waals surface area contributed by atoms with Crippen LogP contribution in [0.25, 0.3) is 0 Å². The molecule has 4 heteroatoms. The second-order valence-electron chi connectivity index (χ2n) is 5.31. The van der Waals surface area contributed by atoms with Crippen LogP contribution in [0.15, 0.2) is 24.3 Å². The number of rotatable bonds is 4. The standard InChI is InChI=1S/C14H20N2O2/c1-14(2,3)10-6-4-5-7-11(10)16-13(18)9-8-12(15)17/h4-7H,8-9H2,1-3H3,(H2,15,17)(H,16,18). The molecule has 0 fully saturated rings. The molecule has 3 N–H and O–H groups in total. The molecule has 0 aromatic heterocycles. The maximum atomic E-state index is 11.7. The number of anilines is 1. The Balaban J connectivity index is 2.79. The van der Waals surface area contributed by atoms with Crippen molar-refractivity contribution in [3.05, 3.63) is 29.8 Å². The van der Waals surface area contributed by atoms with Crippen molar-refractivity contribution in [3.8, 4) is 0 Å². The number of nitrogens with one attached hydrogen (secondary N) is 1. The molecule has 4 nitrogen and oxygen atoms in total. The van der Waals surface area contributed by atoms with Crippen molar-refractivity contribution in [2.45, 2.75) is 39.0 Å². The summed E-state index contributed by atoms with van der Waals surface area (Å²) in [6.45, 7) is 6.25. The van der Waals surface area contributed by atoms with E-state index < -0.39 is 5.91 Å². The summed E-state index contributed by atoms with van der Waals surface area (Å²) in [5.41, 5.74) is 6.82. The lowest BCUT2D eigenvalue weighted by atomic mass is 9.86. The van der Waals surface area contributed by atoms with Crippen LogP contribution in [0.5, 0.6) is 0 Å². The van der Waals surface area contributed by atoms with E-state index in [0.717, 1.165) is 11.3 Å². The quantitative estimate of drug-likeness (QED) is 0.857. The molecular formula is C14H20N2O2. The van der Waals surface area contributed by atoms with Gasteiger partial charge in [0, 0.05) is 18.5 Å². The van der Waals surface area contributed by atoms with Gasteiger partial charge in [-0.1, -0.05) is 39.0 Å². The molecule has 0 atom stereocenters. The predicted octanol–water partition coefficient (Wildman–Crippen LogP) is 2.19. The van der Waals surface area contributed by atoms with Crippen LogP contribution in [0.4, 0.5) is 5.69 Å². The Bertz CT molecular complexity index is 447. The summed E-state index contributed by atoms with van der Waals surface area (Å²) < 4.78 is 0. The first-order chi connectivity index (χ1) is 8.30. The molecular weight excluding hydrogens is 228 g/mol. The van der Waals surface area contributed by atoms with Crippen molar-refractivity contribution in [2.24, 2.45) is 5.73 Å². The van der Waals surface area contributed by atoms with Crippen LogP contribution in [-0.4, -0.2) is 11.8 Å². The van der Waals surface area contributed by atoms with E-state index in [2.05, 4.69) is 26.1 Å². The SMILES string of the molecule is CC(C)(C)c1ccccc1NC(=O)CCC(N)=O. The number of carbonyl (C=O) groups is 2. The highest BCUT2D eigenvalue weighted by Gasteiger charge is 2.18. The lowest BCUT2D eigenvalue weighted by molar-refractivity contribution is -0.122. The minimum absolute atomic E-state index is 0.0481. The number of primary amides is 1. The fraction of sp³-hybridized carbons (Fsp3) is 0.429. The summed E-state index contributed by atoms with van der Waals surface area (Å²) >= 11 is 0. The average Bonchev–Trinajstić information content (AvgIpc) is 2.25. The number of hydrogen-bond acceptors (Lipinski definition) is 2. The number of benzene rings is 1. The summed E-state index contributed by atoms with van der Waals surface area (Å²) in [5.74, 6) is -0.653. The second kappa shape index (κ2) is 5.67. The minimum atomic E-state index is -0.464. The molecule has 98 valence electrons. The normalized spacial score (nSPS) is 11.1. The lowest BCUT2D eigenvalue weighted by Crippen LogP contribution is -2.20. The van der Waals surface area contributed by atoms with E-state index in [-0.39, 0.29) is 24.2 Å². The molecule has 0 unspecified atom stereocenters. The third-order valence-electron chi connectivity index (χ3n) is 2.61. The number of carbonyl (C=O) groups excluding carboxylic acids is 2. The second-order valence-corrected chi connectivity index (χ2v) is 5.31. The molecule has 0 aliphatic heterocycles. The summed E-state index contributed by atoms with van der Waals surface area (Å²) in [5, 5.41) is 2.83. The molecule has 0 saturated carbocycles. The Morgan fingerprint density at radius 2 is 1.78 bits per heavy atom. The zero-order valence-corrected chi connectivity index (χ0v) is 11.1. The molecule has 0 heterocycles. The third kappa shape index (κ3) is 4.20. The molecule has 2 amide bonds. The molecule has 18 heavy (non-hydrogen) atoms. The summed E-state index contributed by atoms with van der Waals surface area (Å²) in [6.07, 6.45) is 0.192. The maximum Gasteiger partial charge on any atom is 0.224 e. The molecule has 0 saturated heterocycles. The van der Waals surface area contributed by atoms with Gasteiger partial charge in [0.15, 0.2) is 0 Å². The monoisotopic (exact) mass is 248 g/mol. The highest BCUT2D eigenvalue weighted by atomic mass is 16.2. The van der Waals surface area contributed by atoms with Crippen molar-refractivity contribution >= 4 is 17.5 Å². The Kier molecular flexibility index (Phi) is 4.48. The Morgan fingerprint density at radius 1 is 1.17 bits per heavy atom. The van der Waals surface area contributed by atoms with Crippen LogP contribution in [-0.2, 0) is 15.0 Å². The van der Waals surface area contributed by atoms with Crippen molar-refractivity contribution in [2.75, 3.05) is 5.32 Å². The van der Waals surface area contributed by atoms with E-state index >= 15 is 0 Å². The van der Waals surface area contributed by atoms with Crippen LogP contribution in [0, 0.1) is 0 Å². The summed E-state index contributed by atoms with van der Waals surface area (Å²) in [7, 11) is 0. The first-order valence-corrected chi connectivity index (χ1v) is 5.98. The van der Waals surface area contributed by atoms with Crippen LogP contribution in [0.2, 0.25) is 0 Å². The molecule has 1 rings (SSSR count). The minimum Gasteiger partial charge on any atom is -0.370 e. The summed E-state index contributed by atoms with van der Waals surface area (Å²) in [4.78, 5) is 22.3. The molecule has 1 aromatic carbocycles. The van der Waals surface area contributed by atoms with Gasteiger partial charge in [-0.05, 0) is 17.0 Å². The van der Waals surface area contributed by atoms with Crippen molar-refractivity contribution < 1.29 is 9.59 Å². The van der Waals surface area contributed by atoms with Gasteiger partial charge in [0.05, 0.1) is 0 Å². The highest BCUT2D eigenvalue weighted by Crippen LogP contribution is 2.29. The van der Waals surface area contributed by atoms with Gasteiger partial charge in [-0.3, -0.25) is 9.59 Å². The van der Waals surface area contributed by atoms with Gasteiger partial charge < -0.3 is 11.1 Å². The van der Waals surface area contributed by atoms with Crippen LogP contribution < -0.4 is 11.1 Å². The molecule has 0 aliphatic rings. The first-order valence-electron chi connectivity index (χ1n) is 5.98. The van der Waals surface area contributed by atoms with Gasteiger partial charge >= 0.3 is 0 Å². The van der Waals surface area contributed by atoms with E-state index in [1.165, 1.54) is 0 Å². The van der Waals surface area contributed by atoms with E-state index in [1.807, 2.05) is 24.3 Å². The topological polar surface area (TPSA) is 72.2 Å². The Morgan fingerprint density at radius 3 is 2.33 bits per heavy atom. The third-order valence-corrected chi connectivity index (χ3v) is 2.61. The smallest absolute Gasteiger partial charge is 0.224 e. The van der Waals surface area contributed by atoms with Gasteiger partial charge in [0.25, 0.3) is 0 Å². The largest absolute Gasteiger partial charge is 0.370 e. The fourth-order valence-corrected chi connectivity index (χ4v) is 1.70. The van der Waals surface area contributed by atoms with Crippen molar-refractivity contribution in [3.63, 3.8) is 0 Å². The number of para-hydroxylation sites is 1. The fourth-order valence-electron chi connectivity index (χ4n) is 1.70. The zero-order valence-electron chi connectivity index (χ0n) is 11.1. The number of nitrogens with two attached hydrogens (primary N) is 1. The van der Waals surface area contributed by atoms with Crippen LogP contribution in [0.1, 0.15) is 39.2 Å². The molecule has 0 bridgehead atoms. The zero-order chi connectivity index (χ0) is 13.8. The lowest BCUT2D eigenvalue weighted by Gasteiger charge is -2.22. The van der Waals surface area contributed by atoms with Gasteiger partial charge in [0.1, 0.15) is 0 Å². The van der Waals surface area contributed by atoms with Gasteiger partial charge in [-0.2, -0.15) is 0 Å². The van der Waals surface area contributed by atoms with Gasteiger partial charge in [-0.15, -0.1) is 0 Å². The first kappa shape index (κ1) is 14.2. The highest BCUT2D eigenvalue weighted by molar-refractivity contribution is 5.93. The van der Waals surface area contributed by atoms with Crippen LogP contribution in [0.3, 0.4) is 0 Å². The predicted molar refractivity (Wildman–Crippen MR) is 72.2 cm³/mol. The molecule has 0 spiro atoms. The average molecular weight is 248 g/mol. The number of amides is 2. The number of hydrogen-bond donors (Lipinski definition) is 2. The van der Waals surface area contributed by atoms with Crippen LogP contribution >= 0.6 is 0 Å². The van der Waals surface area contributed by atoms with E-state index in [9.17, 15) is 9.59 Å².